The fourth-order valence-corrected chi connectivity index (χ4v) is 3.01. The molecular weight excluding hydrogens is 427 g/mol. The van der Waals surface area contributed by atoms with Gasteiger partial charge in [0.1, 0.15) is 0 Å². The van der Waals surface area contributed by atoms with Gasteiger partial charge in [-0.25, -0.2) is 4.79 Å². The van der Waals surface area contributed by atoms with Gasteiger partial charge in [0.2, 0.25) is 5.91 Å². The number of fused-ring (bicyclic) bond motifs is 1. The molecule has 7 nitrogen and oxygen atoms in total. The summed E-state index contributed by atoms with van der Waals surface area (Å²) in [5.74, 6) is -2.84. The summed E-state index contributed by atoms with van der Waals surface area (Å²) < 4.78 is 31.7. The SMILES string of the molecule is O=C(CCC(=O)c1ccc2c(c1)CCNCC2)NCc1ccncc1.O=C(O)C(F)(F)F. The fraction of sp³-hybridized carbons (Fsp3) is 0.364. The van der Waals surface area contributed by atoms with Crippen LogP contribution in [0.2, 0.25) is 0 Å². The number of carbonyl (C=O) groups is 3. The van der Waals surface area contributed by atoms with Gasteiger partial charge in [-0.3, -0.25) is 14.6 Å². The quantitative estimate of drug-likeness (QED) is 0.583. The topological polar surface area (TPSA) is 108 Å². The molecule has 172 valence electrons. The van der Waals surface area contributed by atoms with Crippen LogP contribution in [0.4, 0.5) is 13.2 Å². The molecule has 0 aliphatic carbocycles. The summed E-state index contributed by atoms with van der Waals surface area (Å²) in [5, 5.41) is 13.3. The zero-order valence-electron chi connectivity index (χ0n) is 17.2. The number of nitrogens with one attached hydrogen (secondary N) is 2. The molecule has 2 heterocycles. The fourth-order valence-electron chi connectivity index (χ4n) is 3.01. The number of aromatic nitrogens is 1. The van der Waals surface area contributed by atoms with Gasteiger partial charge in [0.15, 0.2) is 5.78 Å². The third kappa shape index (κ3) is 8.46. The van der Waals surface area contributed by atoms with E-state index >= 15 is 0 Å². The van der Waals surface area contributed by atoms with Crippen LogP contribution >= 0.6 is 0 Å². The maximum Gasteiger partial charge on any atom is 0.490 e. The lowest BCUT2D eigenvalue weighted by Gasteiger charge is -2.08. The van der Waals surface area contributed by atoms with Crippen molar-refractivity contribution in [3.63, 3.8) is 0 Å². The first-order chi connectivity index (χ1) is 15.2. The molecule has 0 unspecified atom stereocenters. The van der Waals surface area contributed by atoms with Gasteiger partial charge in [-0.15, -0.1) is 0 Å². The van der Waals surface area contributed by atoms with Gasteiger partial charge in [0, 0.05) is 37.3 Å². The molecule has 2 aromatic rings. The standard InChI is InChI=1S/C20H23N3O2.C2HF3O2/c24-19(3-4-20(25)23-14-15-5-9-21-10-6-15)18-2-1-16-7-11-22-12-8-17(16)13-18;3-2(4,5)1(6)7/h1-2,5-6,9-10,13,22H,3-4,7-8,11-12,14H2,(H,23,25);(H,6,7). The van der Waals surface area contributed by atoms with E-state index in [-0.39, 0.29) is 24.5 Å². The highest BCUT2D eigenvalue weighted by atomic mass is 19.4. The molecule has 1 aliphatic heterocycles. The van der Waals surface area contributed by atoms with Crippen LogP contribution in [0.15, 0.2) is 42.7 Å². The number of carboxylic acid groups (broad SMARTS) is 1. The number of aliphatic carboxylic acids is 1. The number of Topliss-reactive ketones (excluding diaryl/α,β-unsaturated/α-hetero) is 1. The Labute approximate surface area is 183 Å². The number of carbonyl (C=O) groups excluding carboxylic acids is 2. The van der Waals surface area contributed by atoms with Gasteiger partial charge < -0.3 is 15.7 Å². The van der Waals surface area contributed by atoms with Crippen molar-refractivity contribution in [3.8, 4) is 0 Å². The second-order valence-electron chi connectivity index (χ2n) is 7.09. The van der Waals surface area contributed by atoms with Crippen LogP contribution in [-0.2, 0) is 29.0 Å². The summed E-state index contributed by atoms with van der Waals surface area (Å²) in [6.07, 6.45) is 0.698. The lowest BCUT2D eigenvalue weighted by atomic mass is 9.97. The monoisotopic (exact) mass is 451 g/mol. The van der Waals surface area contributed by atoms with E-state index in [9.17, 15) is 22.8 Å². The van der Waals surface area contributed by atoms with Crippen LogP contribution in [0.3, 0.4) is 0 Å². The van der Waals surface area contributed by atoms with Crippen molar-refractivity contribution in [2.24, 2.45) is 0 Å². The molecule has 0 fully saturated rings. The highest BCUT2D eigenvalue weighted by molar-refractivity contribution is 5.98. The molecule has 1 aromatic heterocycles. The Morgan fingerprint density at radius 2 is 1.62 bits per heavy atom. The molecule has 3 rings (SSSR count). The maximum absolute atomic E-state index is 12.4. The maximum atomic E-state index is 12.4. The third-order valence-corrected chi connectivity index (χ3v) is 4.73. The van der Waals surface area contributed by atoms with E-state index in [4.69, 9.17) is 9.90 Å². The number of amides is 1. The second kappa shape index (κ2) is 11.9. The van der Waals surface area contributed by atoms with E-state index in [1.54, 1.807) is 12.4 Å². The first-order valence-electron chi connectivity index (χ1n) is 9.98. The lowest BCUT2D eigenvalue weighted by Crippen LogP contribution is -2.23. The summed E-state index contributed by atoms with van der Waals surface area (Å²) in [6, 6.07) is 9.66. The molecule has 32 heavy (non-hydrogen) atoms. The average Bonchev–Trinajstić information content (AvgIpc) is 3.01. The molecule has 1 amide bonds. The second-order valence-corrected chi connectivity index (χ2v) is 7.09. The summed E-state index contributed by atoms with van der Waals surface area (Å²) in [5.41, 5.74) is 4.27. The zero-order chi connectivity index (χ0) is 23.6. The van der Waals surface area contributed by atoms with E-state index in [1.807, 2.05) is 24.3 Å². The van der Waals surface area contributed by atoms with Crippen molar-refractivity contribution >= 4 is 17.7 Å². The Hall–Kier alpha value is -3.27. The predicted molar refractivity (Wildman–Crippen MR) is 110 cm³/mol. The van der Waals surface area contributed by atoms with E-state index < -0.39 is 12.1 Å². The Morgan fingerprint density at radius 1 is 1.00 bits per heavy atom. The van der Waals surface area contributed by atoms with Gasteiger partial charge in [-0.1, -0.05) is 12.1 Å². The molecule has 0 spiro atoms. The molecule has 1 aliphatic rings. The molecule has 3 N–H and O–H groups in total. The van der Waals surface area contributed by atoms with E-state index in [2.05, 4.69) is 21.7 Å². The van der Waals surface area contributed by atoms with E-state index in [0.717, 1.165) is 31.5 Å². The molecule has 0 bridgehead atoms. The Kier molecular flexibility index (Phi) is 9.33. The van der Waals surface area contributed by atoms with Gasteiger partial charge in [0.25, 0.3) is 0 Å². The molecule has 0 saturated carbocycles. The number of pyridine rings is 1. The van der Waals surface area contributed by atoms with Crippen molar-refractivity contribution in [2.75, 3.05) is 13.1 Å². The minimum Gasteiger partial charge on any atom is -0.475 e. The van der Waals surface area contributed by atoms with Crippen molar-refractivity contribution in [2.45, 2.75) is 38.4 Å². The van der Waals surface area contributed by atoms with Gasteiger partial charge in [-0.2, -0.15) is 13.2 Å². The van der Waals surface area contributed by atoms with Crippen LogP contribution in [0, 0.1) is 0 Å². The number of benzene rings is 1. The van der Waals surface area contributed by atoms with Crippen LogP contribution in [0.5, 0.6) is 0 Å². The minimum absolute atomic E-state index is 0.0269. The molecule has 0 atom stereocenters. The molecule has 0 radical (unpaired) electrons. The number of nitrogens with zero attached hydrogens (tertiary/aromatic N) is 1. The summed E-state index contributed by atoms with van der Waals surface area (Å²) in [4.78, 5) is 37.2. The number of ketones is 1. The largest absolute Gasteiger partial charge is 0.490 e. The Balaban J connectivity index is 0.000000451. The summed E-state index contributed by atoms with van der Waals surface area (Å²) >= 11 is 0. The summed E-state index contributed by atoms with van der Waals surface area (Å²) in [6.45, 7) is 2.39. The van der Waals surface area contributed by atoms with E-state index in [1.165, 1.54) is 11.1 Å². The number of hydrogen-bond acceptors (Lipinski definition) is 5. The van der Waals surface area contributed by atoms with Crippen LogP contribution in [0.25, 0.3) is 0 Å². The molecule has 10 heteroatoms. The number of alkyl halides is 3. The van der Waals surface area contributed by atoms with Crippen LogP contribution in [-0.4, -0.2) is 47.0 Å². The van der Waals surface area contributed by atoms with Gasteiger partial charge in [-0.05, 0) is 60.8 Å². The van der Waals surface area contributed by atoms with Crippen molar-refractivity contribution < 1.29 is 32.7 Å². The lowest BCUT2D eigenvalue weighted by molar-refractivity contribution is -0.192. The molecule has 1 aromatic carbocycles. The summed E-state index contributed by atoms with van der Waals surface area (Å²) in [7, 11) is 0. The molecule has 0 saturated heterocycles. The zero-order valence-corrected chi connectivity index (χ0v) is 17.2. The highest BCUT2D eigenvalue weighted by Crippen LogP contribution is 2.17. The van der Waals surface area contributed by atoms with Gasteiger partial charge >= 0.3 is 12.1 Å². The average molecular weight is 451 g/mol. The van der Waals surface area contributed by atoms with E-state index in [0.29, 0.717) is 12.1 Å². The number of rotatable bonds is 6. The van der Waals surface area contributed by atoms with Crippen molar-refractivity contribution in [3.05, 3.63) is 65.0 Å². The minimum atomic E-state index is -5.08. The molecular formula is C22H24F3N3O4. The smallest absolute Gasteiger partial charge is 0.475 e. The normalized spacial score (nSPS) is 13.1. The number of hydrogen-bond donors (Lipinski definition) is 3. The van der Waals surface area contributed by atoms with Crippen LogP contribution < -0.4 is 10.6 Å². The predicted octanol–water partition coefficient (Wildman–Crippen LogP) is 2.68. The first-order valence-corrected chi connectivity index (χ1v) is 9.98. The number of carboxylic acids is 1. The van der Waals surface area contributed by atoms with Crippen LogP contribution in [0.1, 0.15) is 39.9 Å². The Morgan fingerprint density at radius 3 is 2.25 bits per heavy atom. The highest BCUT2D eigenvalue weighted by Gasteiger charge is 2.38. The van der Waals surface area contributed by atoms with Gasteiger partial charge in [0.05, 0.1) is 0 Å². The van der Waals surface area contributed by atoms with Crippen molar-refractivity contribution in [1.82, 2.24) is 15.6 Å². The van der Waals surface area contributed by atoms with Crippen molar-refractivity contribution in [1.29, 1.82) is 0 Å². The Bertz CT molecular complexity index is 934. The number of halogens is 3. The first kappa shape index (κ1) is 25.0. The third-order valence-electron chi connectivity index (χ3n) is 4.73.